The second kappa shape index (κ2) is 5.47. The van der Waals surface area contributed by atoms with Crippen LogP contribution in [0.5, 0.6) is 0 Å². The van der Waals surface area contributed by atoms with Crippen molar-refractivity contribution in [2.45, 2.75) is 45.0 Å². The molecule has 68 valence electrons. The van der Waals surface area contributed by atoms with Gasteiger partial charge >= 0.3 is 0 Å². The van der Waals surface area contributed by atoms with Crippen molar-refractivity contribution in [2.75, 3.05) is 6.61 Å². The van der Waals surface area contributed by atoms with Gasteiger partial charge in [0.25, 0.3) is 0 Å². The predicted octanol–water partition coefficient (Wildman–Crippen LogP) is 2.58. The first-order valence-corrected chi connectivity index (χ1v) is 4.11. The van der Waals surface area contributed by atoms with Crippen LogP contribution in [0.4, 0.5) is 8.78 Å². The van der Waals surface area contributed by atoms with Crippen molar-refractivity contribution in [1.29, 1.82) is 0 Å². The molecule has 1 nitrogen and oxygen atoms in total. The van der Waals surface area contributed by atoms with E-state index in [0.717, 1.165) is 12.8 Å². The van der Waals surface area contributed by atoms with Crippen LogP contribution >= 0.6 is 0 Å². The zero-order chi connectivity index (χ0) is 8.74. The molecule has 0 radical (unpaired) electrons. The zero-order valence-corrected chi connectivity index (χ0v) is 6.95. The van der Waals surface area contributed by atoms with Gasteiger partial charge < -0.3 is 5.11 Å². The topological polar surface area (TPSA) is 20.2 Å². The second-order valence-electron chi connectivity index (χ2n) is 2.79. The Morgan fingerprint density at radius 2 is 1.82 bits per heavy atom. The molecule has 0 spiro atoms. The summed E-state index contributed by atoms with van der Waals surface area (Å²) < 4.78 is 25.2. The van der Waals surface area contributed by atoms with Gasteiger partial charge in [-0.25, -0.2) is 8.78 Å². The zero-order valence-electron chi connectivity index (χ0n) is 6.95. The molecule has 0 aromatic rings. The Balaban J connectivity index is 3.38. The quantitative estimate of drug-likeness (QED) is 0.601. The molecular weight excluding hydrogens is 150 g/mol. The summed E-state index contributed by atoms with van der Waals surface area (Å²) in [5.74, 6) is -2.65. The van der Waals surface area contributed by atoms with Crippen LogP contribution in [0, 0.1) is 0 Å². The van der Waals surface area contributed by atoms with E-state index >= 15 is 0 Å². The summed E-state index contributed by atoms with van der Waals surface area (Å²) in [5.41, 5.74) is 0. The molecule has 1 N–H and O–H groups in total. The van der Waals surface area contributed by atoms with Crippen LogP contribution in [0.15, 0.2) is 0 Å². The Kier molecular flexibility index (Phi) is 5.38. The molecule has 0 aliphatic carbocycles. The van der Waals surface area contributed by atoms with Crippen molar-refractivity contribution in [1.82, 2.24) is 0 Å². The van der Waals surface area contributed by atoms with Gasteiger partial charge in [0.2, 0.25) is 5.92 Å². The summed E-state index contributed by atoms with van der Waals surface area (Å²) >= 11 is 0. The van der Waals surface area contributed by atoms with E-state index in [1.165, 1.54) is 0 Å². The minimum Gasteiger partial charge on any atom is -0.396 e. The molecule has 0 aromatic heterocycles. The van der Waals surface area contributed by atoms with E-state index in [9.17, 15) is 8.78 Å². The molecule has 0 aliphatic heterocycles. The highest BCUT2D eigenvalue weighted by Crippen LogP contribution is 2.24. The lowest BCUT2D eigenvalue weighted by atomic mass is 10.1. The fourth-order valence-corrected chi connectivity index (χ4v) is 0.922. The first kappa shape index (κ1) is 10.8. The molecular formula is C8H16F2O. The van der Waals surface area contributed by atoms with Crippen LogP contribution in [0.1, 0.15) is 39.0 Å². The van der Waals surface area contributed by atoms with E-state index in [1.807, 2.05) is 6.92 Å². The van der Waals surface area contributed by atoms with Crippen LogP contribution in [0.3, 0.4) is 0 Å². The lowest BCUT2D eigenvalue weighted by Crippen LogP contribution is -2.17. The molecule has 0 amide bonds. The molecule has 0 aliphatic rings. The molecule has 0 saturated carbocycles. The third-order valence-electron chi connectivity index (χ3n) is 1.62. The number of hydrogen-bond donors (Lipinski definition) is 1. The standard InChI is InChI=1S/C8H16F2O/c1-2-3-4-5-8(9,10)6-7-11/h11H,2-7H2,1H3. The van der Waals surface area contributed by atoms with E-state index < -0.39 is 19.0 Å². The summed E-state index contributed by atoms with van der Waals surface area (Å²) in [7, 11) is 0. The first-order chi connectivity index (χ1) is 5.12. The molecule has 0 heterocycles. The highest BCUT2D eigenvalue weighted by Gasteiger charge is 2.26. The van der Waals surface area contributed by atoms with Crippen molar-refractivity contribution in [3.05, 3.63) is 0 Å². The van der Waals surface area contributed by atoms with E-state index in [1.54, 1.807) is 0 Å². The number of alkyl halides is 2. The van der Waals surface area contributed by atoms with Crippen LogP contribution in [0.2, 0.25) is 0 Å². The van der Waals surface area contributed by atoms with Crippen molar-refractivity contribution < 1.29 is 13.9 Å². The van der Waals surface area contributed by atoms with Crippen molar-refractivity contribution >= 4 is 0 Å². The molecule has 0 bridgehead atoms. The van der Waals surface area contributed by atoms with Gasteiger partial charge in [-0.3, -0.25) is 0 Å². The van der Waals surface area contributed by atoms with Gasteiger partial charge in [0.05, 0.1) is 0 Å². The van der Waals surface area contributed by atoms with Crippen LogP contribution < -0.4 is 0 Å². The Bertz CT molecular complexity index is 94.1. The summed E-state index contributed by atoms with van der Waals surface area (Å²) in [6.45, 7) is 1.56. The average Bonchev–Trinajstić information content (AvgIpc) is 1.87. The summed E-state index contributed by atoms with van der Waals surface area (Å²) in [4.78, 5) is 0. The molecule has 0 rings (SSSR count). The van der Waals surface area contributed by atoms with Crippen LogP contribution in [0.25, 0.3) is 0 Å². The van der Waals surface area contributed by atoms with Gasteiger partial charge in [-0.2, -0.15) is 0 Å². The molecule has 0 fully saturated rings. The second-order valence-corrected chi connectivity index (χ2v) is 2.79. The monoisotopic (exact) mass is 166 g/mol. The van der Waals surface area contributed by atoms with Gasteiger partial charge in [-0.1, -0.05) is 19.8 Å². The van der Waals surface area contributed by atoms with Crippen molar-refractivity contribution in [2.24, 2.45) is 0 Å². The molecule has 0 saturated heterocycles. The van der Waals surface area contributed by atoms with Crippen molar-refractivity contribution in [3.8, 4) is 0 Å². The van der Waals surface area contributed by atoms with E-state index in [-0.39, 0.29) is 6.42 Å². The fraction of sp³-hybridized carbons (Fsp3) is 1.00. The van der Waals surface area contributed by atoms with Crippen LogP contribution in [-0.2, 0) is 0 Å². The third kappa shape index (κ3) is 6.23. The lowest BCUT2D eigenvalue weighted by Gasteiger charge is -2.13. The Morgan fingerprint density at radius 1 is 1.18 bits per heavy atom. The summed E-state index contributed by atoms with van der Waals surface area (Å²) in [6.07, 6.45) is 1.89. The number of hydrogen-bond acceptors (Lipinski definition) is 1. The maximum atomic E-state index is 12.6. The molecule has 11 heavy (non-hydrogen) atoms. The lowest BCUT2D eigenvalue weighted by molar-refractivity contribution is -0.0308. The Hall–Kier alpha value is -0.180. The summed E-state index contributed by atoms with van der Waals surface area (Å²) in [6, 6.07) is 0. The fourth-order valence-electron chi connectivity index (χ4n) is 0.922. The summed E-state index contributed by atoms with van der Waals surface area (Å²) in [5, 5.41) is 8.28. The largest absolute Gasteiger partial charge is 0.396 e. The smallest absolute Gasteiger partial charge is 0.250 e. The van der Waals surface area contributed by atoms with Gasteiger partial charge in [0.1, 0.15) is 0 Å². The maximum absolute atomic E-state index is 12.6. The molecule has 0 aromatic carbocycles. The highest BCUT2D eigenvalue weighted by molar-refractivity contribution is 4.64. The minimum absolute atomic E-state index is 0.0819. The Morgan fingerprint density at radius 3 is 2.27 bits per heavy atom. The molecule has 3 heteroatoms. The number of aliphatic hydroxyl groups excluding tert-OH is 1. The van der Waals surface area contributed by atoms with Gasteiger partial charge in [0.15, 0.2) is 0 Å². The molecule has 0 unspecified atom stereocenters. The SMILES string of the molecule is CCCCCC(F)(F)CCO. The number of rotatable bonds is 6. The predicted molar refractivity (Wildman–Crippen MR) is 40.8 cm³/mol. The highest BCUT2D eigenvalue weighted by atomic mass is 19.3. The number of unbranched alkanes of at least 4 members (excludes halogenated alkanes) is 2. The number of aliphatic hydroxyl groups is 1. The van der Waals surface area contributed by atoms with E-state index in [4.69, 9.17) is 5.11 Å². The average molecular weight is 166 g/mol. The Labute approximate surface area is 66.4 Å². The first-order valence-electron chi connectivity index (χ1n) is 4.11. The third-order valence-corrected chi connectivity index (χ3v) is 1.62. The van der Waals surface area contributed by atoms with Gasteiger partial charge in [0, 0.05) is 19.4 Å². The van der Waals surface area contributed by atoms with E-state index in [2.05, 4.69) is 0 Å². The van der Waals surface area contributed by atoms with E-state index in [0.29, 0.717) is 6.42 Å². The minimum atomic E-state index is -2.65. The maximum Gasteiger partial charge on any atom is 0.250 e. The molecule has 0 atom stereocenters. The van der Waals surface area contributed by atoms with Gasteiger partial charge in [-0.15, -0.1) is 0 Å². The normalized spacial score (nSPS) is 12.0. The van der Waals surface area contributed by atoms with Crippen molar-refractivity contribution in [3.63, 3.8) is 0 Å². The van der Waals surface area contributed by atoms with Gasteiger partial charge in [-0.05, 0) is 6.42 Å². The number of halogens is 2. The van der Waals surface area contributed by atoms with Crippen LogP contribution in [-0.4, -0.2) is 17.6 Å².